The van der Waals surface area contributed by atoms with Gasteiger partial charge in [0.1, 0.15) is 11.4 Å². The van der Waals surface area contributed by atoms with Crippen LogP contribution in [-0.4, -0.2) is 59.7 Å². The smallest absolute Gasteiger partial charge is 0.407 e. The fraction of sp³-hybridized carbons (Fsp3) is 0.450. The Hall–Kier alpha value is -3.03. The van der Waals surface area contributed by atoms with E-state index in [1.165, 1.54) is 0 Å². The van der Waals surface area contributed by atoms with Crippen LogP contribution >= 0.6 is 0 Å². The molecule has 152 valence electrons. The van der Waals surface area contributed by atoms with Crippen LogP contribution in [-0.2, 0) is 11.3 Å². The first-order valence-electron chi connectivity index (χ1n) is 9.26. The van der Waals surface area contributed by atoms with Crippen LogP contribution in [0.3, 0.4) is 0 Å². The number of benzene rings is 1. The van der Waals surface area contributed by atoms with Gasteiger partial charge in [-0.2, -0.15) is 0 Å². The van der Waals surface area contributed by atoms with Crippen molar-refractivity contribution in [3.05, 3.63) is 42.4 Å². The van der Waals surface area contributed by atoms with Crippen molar-refractivity contribution < 1.29 is 9.53 Å². The molecule has 0 fully saturated rings. The summed E-state index contributed by atoms with van der Waals surface area (Å²) in [6, 6.07) is 10.1. The number of imidazole rings is 1. The van der Waals surface area contributed by atoms with Crippen molar-refractivity contribution in [2.45, 2.75) is 32.9 Å². The van der Waals surface area contributed by atoms with E-state index in [1.807, 2.05) is 69.2 Å². The molecule has 8 heteroatoms. The van der Waals surface area contributed by atoms with Crippen molar-refractivity contribution in [2.75, 3.05) is 27.2 Å². The Labute approximate surface area is 166 Å². The number of carbonyl (C=O) groups is 1. The van der Waals surface area contributed by atoms with Gasteiger partial charge in [-0.3, -0.25) is 4.99 Å². The molecular formula is C20H30N6O2. The van der Waals surface area contributed by atoms with Crippen LogP contribution in [0.25, 0.3) is 11.3 Å². The monoisotopic (exact) mass is 386 g/mol. The van der Waals surface area contributed by atoms with E-state index < -0.39 is 11.7 Å². The molecule has 2 rings (SSSR count). The molecule has 28 heavy (non-hydrogen) atoms. The van der Waals surface area contributed by atoms with Gasteiger partial charge in [-0.15, -0.1) is 0 Å². The second kappa shape index (κ2) is 9.77. The van der Waals surface area contributed by atoms with E-state index in [9.17, 15) is 4.79 Å². The van der Waals surface area contributed by atoms with E-state index in [2.05, 4.69) is 25.6 Å². The Morgan fingerprint density at radius 3 is 2.54 bits per heavy atom. The number of rotatable bonds is 6. The lowest BCUT2D eigenvalue weighted by molar-refractivity contribution is 0.0529. The molecule has 1 heterocycles. The fourth-order valence-corrected chi connectivity index (χ4v) is 2.54. The van der Waals surface area contributed by atoms with Crippen molar-refractivity contribution in [3.8, 4) is 11.3 Å². The Bertz CT molecular complexity index is 779. The van der Waals surface area contributed by atoms with Gasteiger partial charge in [-0.1, -0.05) is 30.3 Å². The predicted octanol–water partition coefficient (Wildman–Crippen LogP) is 2.61. The van der Waals surface area contributed by atoms with Gasteiger partial charge in [0, 0.05) is 27.2 Å². The zero-order valence-electron chi connectivity index (χ0n) is 17.2. The van der Waals surface area contributed by atoms with Crippen molar-refractivity contribution in [1.82, 2.24) is 25.5 Å². The second-order valence-corrected chi connectivity index (χ2v) is 7.37. The predicted molar refractivity (Wildman–Crippen MR) is 111 cm³/mol. The third-order valence-corrected chi connectivity index (χ3v) is 3.75. The first-order valence-corrected chi connectivity index (χ1v) is 9.26. The maximum absolute atomic E-state index is 11.7. The molecular weight excluding hydrogens is 356 g/mol. The number of hydrogen-bond donors (Lipinski definition) is 3. The number of ether oxygens (including phenoxy) is 1. The standard InChI is InChI=1S/C20H30N6O2/c1-20(2,3)28-19(27)23-12-11-22-18(21-4)26(5)14-17-24-13-16(25-17)15-9-7-6-8-10-15/h6-10,13H,11-12,14H2,1-5H3,(H,21,22)(H,23,27)(H,24,25). The molecule has 0 aliphatic carbocycles. The zero-order valence-corrected chi connectivity index (χ0v) is 17.2. The molecule has 1 aromatic heterocycles. The number of aromatic amines is 1. The number of alkyl carbamates (subject to hydrolysis) is 1. The fourth-order valence-electron chi connectivity index (χ4n) is 2.54. The average Bonchev–Trinajstić information content (AvgIpc) is 3.09. The highest BCUT2D eigenvalue weighted by atomic mass is 16.6. The van der Waals surface area contributed by atoms with Crippen LogP contribution in [0.1, 0.15) is 26.6 Å². The summed E-state index contributed by atoms with van der Waals surface area (Å²) in [4.78, 5) is 25.7. The summed E-state index contributed by atoms with van der Waals surface area (Å²) >= 11 is 0. The third-order valence-electron chi connectivity index (χ3n) is 3.75. The number of guanidine groups is 1. The van der Waals surface area contributed by atoms with E-state index in [4.69, 9.17) is 4.74 Å². The molecule has 2 aromatic rings. The van der Waals surface area contributed by atoms with Crippen LogP contribution in [0.5, 0.6) is 0 Å². The normalized spacial score (nSPS) is 11.8. The lowest BCUT2D eigenvalue weighted by atomic mass is 10.2. The van der Waals surface area contributed by atoms with Gasteiger partial charge >= 0.3 is 6.09 Å². The second-order valence-electron chi connectivity index (χ2n) is 7.37. The molecule has 1 amide bonds. The minimum Gasteiger partial charge on any atom is -0.444 e. The van der Waals surface area contributed by atoms with Gasteiger partial charge < -0.3 is 25.3 Å². The highest BCUT2D eigenvalue weighted by Crippen LogP contribution is 2.16. The van der Waals surface area contributed by atoms with Crippen LogP contribution in [0.4, 0.5) is 4.79 Å². The highest BCUT2D eigenvalue weighted by Gasteiger charge is 2.15. The summed E-state index contributed by atoms with van der Waals surface area (Å²) in [6.45, 7) is 7.04. The quantitative estimate of drug-likeness (QED) is 0.403. The van der Waals surface area contributed by atoms with Crippen molar-refractivity contribution in [1.29, 1.82) is 0 Å². The van der Waals surface area contributed by atoms with E-state index in [0.717, 1.165) is 17.1 Å². The zero-order chi connectivity index (χ0) is 20.6. The maximum atomic E-state index is 11.7. The van der Waals surface area contributed by atoms with Crippen LogP contribution in [0, 0.1) is 0 Å². The maximum Gasteiger partial charge on any atom is 0.407 e. The number of aromatic nitrogens is 2. The van der Waals surface area contributed by atoms with E-state index in [0.29, 0.717) is 25.6 Å². The molecule has 0 saturated heterocycles. The number of amides is 1. The summed E-state index contributed by atoms with van der Waals surface area (Å²) in [5.74, 6) is 1.56. The number of carbonyl (C=O) groups excluding carboxylic acids is 1. The summed E-state index contributed by atoms with van der Waals surface area (Å²) in [6.07, 6.45) is 1.40. The Morgan fingerprint density at radius 1 is 1.21 bits per heavy atom. The molecule has 0 saturated carbocycles. The number of H-pyrrole nitrogens is 1. The van der Waals surface area contributed by atoms with Crippen molar-refractivity contribution >= 4 is 12.1 Å². The van der Waals surface area contributed by atoms with Gasteiger partial charge in [-0.25, -0.2) is 9.78 Å². The van der Waals surface area contributed by atoms with Crippen LogP contribution in [0.15, 0.2) is 41.5 Å². The Kier molecular flexibility index (Phi) is 7.43. The van der Waals surface area contributed by atoms with Gasteiger partial charge in [0.15, 0.2) is 5.96 Å². The largest absolute Gasteiger partial charge is 0.444 e. The van der Waals surface area contributed by atoms with Gasteiger partial charge in [-0.05, 0) is 26.3 Å². The highest BCUT2D eigenvalue weighted by molar-refractivity contribution is 5.79. The minimum atomic E-state index is -0.505. The molecule has 1 aromatic carbocycles. The van der Waals surface area contributed by atoms with Crippen molar-refractivity contribution in [3.63, 3.8) is 0 Å². The summed E-state index contributed by atoms with van der Waals surface area (Å²) in [5, 5.41) is 5.92. The van der Waals surface area contributed by atoms with Gasteiger partial charge in [0.2, 0.25) is 0 Å². The molecule has 0 spiro atoms. The topological polar surface area (TPSA) is 94.6 Å². The third kappa shape index (κ3) is 6.94. The summed E-state index contributed by atoms with van der Waals surface area (Å²) in [5.41, 5.74) is 1.57. The number of hydrogen-bond acceptors (Lipinski definition) is 4. The van der Waals surface area contributed by atoms with Crippen molar-refractivity contribution in [2.24, 2.45) is 4.99 Å². The molecule has 8 nitrogen and oxygen atoms in total. The van der Waals surface area contributed by atoms with Crippen LogP contribution in [0.2, 0.25) is 0 Å². The van der Waals surface area contributed by atoms with Gasteiger partial charge in [0.05, 0.1) is 18.4 Å². The Balaban J connectivity index is 1.80. The molecule has 0 radical (unpaired) electrons. The first kappa shape index (κ1) is 21.3. The van der Waals surface area contributed by atoms with E-state index >= 15 is 0 Å². The minimum absolute atomic E-state index is 0.429. The number of nitrogens with one attached hydrogen (secondary N) is 3. The summed E-state index contributed by atoms with van der Waals surface area (Å²) < 4.78 is 5.21. The first-order chi connectivity index (χ1) is 13.3. The van der Waals surface area contributed by atoms with E-state index in [1.54, 1.807) is 7.05 Å². The van der Waals surface area contributed by atoms with Gasteiger partial charge in [0.25, 0.3) is 0 Å². The number of nitrogens with zero attached hydrogens (tertiary/aromatic N) is 3. The lowest BCUT2D eigenvalue weighted by Crippen LogP contribution is -2.43. The Morgan fingerprint density at radius 2 is 1.89 bits per heavy atom. The molecule has 0 bridgehead atoms. The van der Waals surface area contributed by atoms with E-state index in [-0.39, 0.29) is 0 Å². The molecule has 0 unspecified atom stereocenters. The molecule has 0 aliphatic heterocycles. The molecule has 3 N–H and O–H groups in total. The number of aliphatic imine (C=N–C) groups is 1. The molecule has 0 atom stereocenters. The SMILES string of the molecule is CN=C(NCCNC(=O)OC(C)(C)C)N(C)Cc1ncc(-c2ccccc2)[nH]1. The van der Waals surface area contributed by atoms with Crippen LogP contribution < -0.4 is 10.6 Å². The lowest BCUT2D eigenvalue weighted by Gasteiger charge is -2.22. The molecule has 0 aliphatic rings. The summed E-state index contributed by atoms with van der Waals surface area (Å²) in [7, 11) is 3.65. The average molecular weight is 386 g/mol.